The van der Waals surface area contributed by atoms with Crippen molar-refractivity contribution in [3.63, 3.8) is 0 Å². The molecule has 1 aromatic carbocycles. The molecule has 1 saturated heterocycles. The Morgan fingerprint density at radius 1 is 1.37 bits per heavy atom. The van der Waals surface area contributed by atoms with Gasteiger partial charge >= 0.3 is 5.97 Å². The van der Waals surface area contributed by atoms with Crippen LogP contribution in [0.1, 0.15) is 37.6 Å². The summed E-state index contributed by atoms with van der Waals surface area (Å²) in [6.07, 6.45) is 1.22. The Bertz CT molecular complexity index is 487. The average Bonchev–Trinajstić information content (AvgIpc) is 2.34. The molecule has 0 spiro atoms. The average molecular weight is 262 g/mol. The number of carbonyl (C=O) groups is 1. The second kappa shape index (κ2) is 5.11. The topological polar surface area (TPSA) is 66.6 Å². The molecule has 0 radical (unpaired) electrons. The molecule has 104 valence electrons. The molecule has 19 heavy (non-hydrogen) atoms. The van der Waals surface area contributed by atoms with Gasteiger partial charge in [-0.3, -0.25) is 0 Å². The lowest BCUT2D eigenvalue weighted by Crippen LogP contribution is -2.45. The lowest BCUT2D eigenvalue weighted by Gasteiger charge is -2.42. The quantitative estimate of drug-likeness (QED) is 0.804. The van der Waals surface area contributed by atoms with E-state index in [1.165, 1.54) is 6.42 Å². The standard InChI is InChI=1S/C15H22N2O2/c1-9-6-10(2)11(3)17(8-9)12-4-5-14(16)13(7-12)15(18)19/h4-5,7,9-11H,6,8,16H2,1-3H3,(H,18,19). The maximum absolute atomic E-state index is 11.2. The summed E-state index contributed by atoms with van der Waals surface area (Å²) in [4.78, 5) is 13.5. The fourth-order valence-electron chi connectivity index (χ4n) is 2.96. The van der Waals surface area contributed by atoms with Gasteiger partial charge in [-0.1, -0.05) is 13.8 Å². The first kappa shape index (κ1) is 13.7. The highest BCUT2D eigenvalue weighted by atomic mass is 16.4. The van der Waals surface area contributed by atoms with Crippen LogP contribution in [0.5, 0.6) is 0 Å². The highest BCUT2D eigenvalue weighted by molar-refractivity contribution is 5.94. The zero-order chi connectivity index (χ0) is 14.2. The highest BCUT2D eigenvalue weighted by Gasteiger charge is 2.29. The van der Waals surface area contributed by atoms with Crippen molar-refractivity contribution in [2.45, 2.75) is 33.2 Å². The van der Waals surface area contributed by atoms with Gasteiger partial charge in [0, 0.05) is 24.0 Å². The Kier molecular flexibility index (Phi) is 3.69. The molecule has 0 aromatic heterocycles. The number of benzene rings is 1. The van der Waals surface area contributed by atoms with Gasteiger partial charge in [0.1, 0.15) is 0 Å². The van der Waals surface area contributed by atoms with Gasteiger partial charge in [-0.15, -0.1) is 0 Å². The first-order valence-corrected chi connectivity index (χ1v) is 6.79. The zero-order valence-corrected chi connectivity index (χ0v) is 11.8. The van der Waals surface area contributed by atoms with Crippen LogP contribution in [-0.4, -0.2) is 23.7 Å². The number of nitrogen functional groups attached to an aromatic ring is 1. The van der Waals surface area contributed by atoms with Crippen molar-refractivity contribution in [1.82, 2.24) is 0 Å². The van der Waals surface area contributed by atoms with Gasteiger partial charge < -0.3 is 15.7 Å². The summed E-state index contributed by atoms with van der Waals surface area (Å²) in [5, 5.41) is 9.16. The maximum atomic E-state index is 11.2. The van der Waals surface area contributed by atoms with E-state index in [9.17, 15) is 4.79 Å². The molecule has 4 heteroatoms. The van der Waals surface area contributed by atoms with Gasteiger partial charge in [0.15, 0.2) is 0 Å². The third kappa shape index (κ3) is 2.67. The maximum Gasteiger partial charge on any atom is 0.337 e. The molecular formula is C15H22N2O2. The smallest absolute Gasteiger partial charge is 0.337 e. The van der Waals surface area contributed by atoms with E-state index in [0.29, 0.717) is 23.6 Å². The van der Waals surface area contributed by atoms with Crippen LogP contribution in [0.25, 0.3) is 0 Å². The summed E-state index contributed by atoms with van der Waals surface area (Å²) in [5.74, 6) is 0.261. The molecule has 2 rings (SSSR count). The monoisotopic (exact) mass is 262 g/mol. The molecule has 3 N–H and O–H groups in total. The van der Waals surface area contributed by atoms with Crippen LogP contribution >= 0.6 is 0 Å². The molecule has 1 fully saturated rings. The minimum atomic E-state index is -0.967. The van der Waals surface area contributed by atoms with Crippen LogP contribution in [0.4, 0.5) is 11.4 Å². The molecule has 3 unspecified atom stereocenters. The van der Waals surface area contributed by atoms with Gasteiger partial charge in [-0.2, -0.15) is 0 Å². The molecule has 1 aliphatic heterocycles. The fourth-order valence-corrected chi connectivity index (χ4v) is 2.96. The largest absolute Gasteiger partial charge is 0.478 e. The second-order valence-corrected chi connectivity index (χ2v) is 5.79. The summed E-state index contributed by atoms with van der Waals surface area (Å²) in [6.45, 7) is 7.66. The van der Waals surface area contributed by atoms with Crippen molar-refractivity contribution in [2.75, 3.05) is 17.2 Å². The van der Waals surface area contributed by atoms with Gasteiger partial charge in [0.2, 0.25) is 0 Å². The van der Waals surface area contributed by atoms with E-state index in [2.05, 4.69) is 25.7 Å². The van der Waals surface area contributed by atoms with Gasteiger partial charge in [0.25, 0.3) is 0 Å². The van der Waals surface area contributed by atoms with Crippen LogP contribution < -0.4 is 10.6 Å². The molecule has 4 nitrogen and oxygen atoms in total. The van der Waals surface area contributed by atoms with E-state index in [-0.39, 0.29) is 5.56 Å². The Labute approximate surface area is 114 Å². The van der Waals surface area contributed by atoms with Crippen molar-refractivity contribution in [1.29, 1.82) is 0 Å². The van der Waals surface area contributed by atoms with E-state index in [0.717, 1.165) is 12.2 Å². The Morgan fingerprint density at radius 2 is 2.05 bits per heavy atom. The predicted molar refractivity (Wildman–Crippen MR) is 77.6 cm³/mol. The Hall–Kier alpha value is -1.71. The minimum Gasteiger partial charge on any atom is -0.478 e. The second-order valence-electron chi connectivity index (χ2n) is 5.79. The summed E-state index contributed by atoms with van der Waals surface area (Å²) in [7, 11) is 0. The number of carboxylic acids is 1. The molecule has 1 heterocycles. The molecule has 0 bridgehead atoms. The molecule has 0 saturated carbocycles. The highest BCUT2D eigenvalue weighted by Crippen LogP contribution is 2.32. The molecule has 1 aromatic rings. The number of nitrogens with two attached hydrogens (primary N) is 1. The number of hydrogen-bond donors (Lipinski definition) is 2. The molecule has 3 atom stereocenters. The Morgan fingerprint density at radius 3 is 2.68 bits per heavy atom. The van der Waals surface area contributed by atoms with Crippen LogP contribution in [0.3, 0.4) is 0 Å². The van der Waals surface area contributed by atoms with Gasteiger partial charge in [0.05, 0.1) is 5.56 Å². The number of piperidine rings is 1. The minimum absolute atomic E-state index is 0.190. The van der Waals surface area contributed by atoms with Crippen LogP contribution in [0.2, 0.25) is 0 Å². The molecule has 0 amide bonds. The molecule has 1 aliphatic rings. The number of hydrogen-bond acceptors (Lipinski definition) is 3. The van der Waals surface area contributed by atoms with Crippen molar-refractivity contribution >= 4 is 17.3 Å². The van der Waals surface area contributed by atoms with E-state index in [1.54, 1.807) is 12.1 Å². The molecule has 0 aliphatic carbocycles. The van der Waals surface area contributed by atoms with Crippen LogP contribution in [0, 0.1) is 11.8 Å². The van der Waals surface area contributed by atoms with Crippen LogP contribution in [-0.2, 0) is 0 Å². The summed E-state index contributed by atoms with van der Waals surface area (Å²) < 4.78 is 0. The first-order chi connectivity index (χ1) is 8.90. The van der Waals surface area contributed by atoms with Crippen molar-refractivity contribution in [3.8, 4) is 0 Å². The zero-order valence-electron chi connectivity index (χ0n) is 11.8. The van der Waals surface area contributed by atoms with Crippen molar-refractivity contribution in [2.24, 2.45) is 11.8 Å². The first-order valence-electron chi connectivity index (χ1n) is 6.79. The predicted octanol–water partition coefficient (Wildman–Crippen LogP) is 2.84. The number of anilines is 2. The third-order valence-electron chi connectivity index (χ3n) is 4.20. The lowest BCUT2D eigenvalue weighted by molar-refractivity contribution is 0.0698. The van der Waals surface area contributed by atoms with Crippen molar-refractivity contribution in [3.05, 3.63) is 23.8 Å². The number of nitrogens with zero attached hydrogens (tertiary/aromatic N) is 1. The van der Waals surface area contributed by atoms with E-state index >= 15 is 0 Å². The fraction of sp³-hybridized carbons (Fsp3) is 0.533. The van der Waals surface area contributed by atoms with Gasteiger partial charge in [-0.25, -0.2) is 4.79 Å². The summed E-state index contributed by atoms with van der Waals surface area (Å²) >= 11 is 0. The van der Waals surface area contributed by atoms with Crippen molar-refractivity contribution < 1.29 is 9.90 Å². The Balaban J connectivity index is 2.35. The lowest BCUT2D eigenvalue weighted by atomic mass is 9.85. The normalized spacial score (nSPS) is 27.3. The molecular weight excluding hydrogens is 240 g/mol. The summed E-state index contributed by atoms with van der Waals surface area (Å²) in [5.41, 5.74) is 7.18. The SMILES string of the molecule is CC1CC(C)C(C)N(c2ccc(N)c(C(=O)O)c2)C1. The van der Waals surface area contributed by atoms with Crippen LogP contribution in [0.15, 0.2) is 18.2 Å². The third-order valence-corrected chi connectivity index (χ3v) is 4.20. The van der Waals surface area contributed by atoms with E-state index in [4.69, 9.17) is 10.8 Å². The van der Waals surface area contributed by atoms with E-state index < -0.39 is 5.97 Å². The number of aromatic carboxylic acids is 1. The number of rotatable bonds is 2. The summed E-state index contributed by atoms with van der Waals surface area (Å²) in [6, 6.07) is 5.72. The van der Waals surface area contributed by atoms with Gasteiger partial charge in [-0.05, 0) is 43.4 Å². The number of carboxylic acid groups (broad SMARTS) is 1. The van der Waals surface area contributed by atoms with E-state index in [1.807, 2.05) is 6.07 Å².